The number of hydrogen-bond acceptors (Lipinski definition) is 2. The first-order chi connectivity index (χ1) is 12.2. The fraction of sp³-hybridized carbons (Fsp3) is 0.381. The summed E-state index contributed by atoms with van der Waals surface area (Å²) in [5.74, 6) is 1.58. The lowest BCUT2D eigenvalue weighted by molar-refractivity contribution is 0.0933. The molecule has 0 spiro atoms. The van der Waals surface area contributed by atoms with Crippen LogP contribution in [0.4, 0.5) is 0 Å². The van der Waals surface area contributed by atoms with Crippen molar-refractivity contribution in [2.45, 2.75) is 38.1 Å². The van der Waals surface area contributed by atoms with Crippen LogP contribution in [-0.2, 0) is 12.8 Å². The summed E-state index contributed by atoms with van der Waals surface area (Å²) in [5, 5.41) is 3.18. The predicted octanol–water partition coefficient (Wildman–Crippen LogP) is 4.53. The molecular formula is C21H22BrNO2. The van der Waals surface area contributed by atoms with E-state index in [1.54, 1.807) is 0 Å². The summed E-state index contributed by atoms with van der Waals surface area (Å²) in [6.45, 7) is 0.795. The lowest BCUT2D eigenvalue weighted by Crippen LogP contribution is -2.38. The first-order valence-electron chi connectivity index (χ1n) is 8.98. The predicted molar refractivity (Wildman–Crippen MR) is 102 cm³/mol. The van der Waals surface area contributed by atoms with E-state index in [1.807, 2.05) is 24.3 Å². The van der Waals surface area contributed by atoms with Gasteiger partial charge in [-0.1, -0.05) is 22.0 Å². The minimum absolute atomic E-state index is 0.000644. The second-order valence-corrected chi connectivity index (χ2v) is 8.02. The van der Waals surface area contributed by atoms with Crippen LogP contribution < -0.4 is 10.1 Å². The van der Waals surface area contributed by atoms with Gasteiger partial charge in [-0.05, 0) is 85.5 Å². The Morgan fingerprint density at radius 1 is 1.08 bits per heavy atom. The Hall–Kier alpha value is -1.81. The number of benzene rings is 2. The lowest BCUT2D eigenvalue weighted by Gasteiger charge is -2.25. The molecule has 4 rings (SSSR count). The van der Waals surface area contributed by atoms with Crippen LogP contribution >= 0.6 is 15.9 Å². The highest BCUT2D eigenvalue weighted by Crippen LogP contribution is 2.29. The first kappa shape index (κ1) is 16.6. The van der Waals surface area contributed by atoms with E-state index in [2.05, 4.69) is 39.4 Å². The Bertz CT molecular complexity index is 768. The summed E-state index contributed by atoms with van der Waals surface area (Å²) in [7, 11) is 0. The van der Waals surface area contributed by atoms with Gasteiger partial charge < -0.3 is 10.1 Å². The molecule has 0 unspecified atom stereocenters. The Balaban J connectivity index is 1.34. The van der Waals surface area contributed by atoms with E-state index in [9.17, 15) is 4.79 Å². The number of aryl methyl sites for hydroxylation is 1. The summed E-state index contributed by atoms with van der Waals surface area (Å²) in [6.07, 6.45) is 5.45. The molecular weight excluding hydrogens is 378 g/mol. The third kappa shape index (κ3) is 4.24. The van der Waals surface area contributed by atoms with Crippen LogP contribution in [0.5, 0.6) is 5.75 Å². The number of nitrogens with one attached hydrogen (secondary N) is 1. The van der Waals surface area contributed by atoms with Crippen LogP contribution in [-0.4, -0.2) is 18.6 Å². The second kappa shape index (κ2) is 7.20. The van der Waals surface area contributed by atoms with E-state index < -0.39 is 0 Å². The smallest absolute Gasteiger partial charge is 0.251 e. The highest BCUT2D eigenvalue weighted by atomic mass is 79.9. The maximum Gasteiger partial charge on any atom is 0.251 e. The summed E-state index contributed by atoms with van der Waals surface area (Å²) in [5.41, 5.74) is 3.42. The van der Waals surface area contributed by atoms with Gasteiger partial charge in [0, 0.05) is 16.1 Å². The van der Waals surface area contributed by atoms with Crippen molar-refractivity contribution in [2.24, 2.45) is 5.92 Å². The molecule has 1 amide bonds. The number of fused-ring (bicyclic) bond motifs is 1. The van der Waals surface area contributed by atoms with Crippen molar-refractivity contribution in [1.29, 1.82) is 0 Å². The zero-order chi connectivity index (χ0) is 17.2. The lowest BCUT2D eigenvalue weighted by atomic mass is 9.88. The van der Waals surface area contributed by atoms with E-state index in [0.717, 1.165) is 42.0 Å². The molecule has 4 heteroatoms. The quantitative estimate of drug-likeness (QED) is 0.801. The van der Waals surface area contributed by atoms with Crippen LogP contribution in [0.25, 0.3) is 0 Å². The summed E-state index contributed by atoms with van der Waals surface area (Å²) in [4.78, 5) is 12.5. The zero-order valence-corrected chi connectivity index (χ0v) is 15.7. The fourth-order valence-electron chi connectivity index (χ4n) is 3.32. The van der Waals surface area contributed by atoms with E-state index in [-0.39, 0.29) is 11.9 Å². The Kier molecular flexibility index (Phi) is 4.80. The Morgan fingerprint density at radius 2 is 1.88 bits per heavy atom. The molecule has 25 heavy (non-hydrogen) atoms. The zero-order valence-electron chi connectivity index (χ0n) is 14.1. The van der Waals surface area contributed by atoms with Gasteiger partial charge in [-0.25, -0.2) is 0 Å². The van der Waals surface area contributed by atoms with Gasteiger partial charge >= 0.3 is 0 Å². The summed E-state index contributed by atoms with van der Waals surface area (Å²) >= 11 is 3.52. The molecule has 2 aliphatic rings. The molecule has 1 saturated carbocycles. The number of amides is 1. The minimum atomic E-state index is -0.000644. The van der Waals surface area contributed by atoms with Gasteiger partial charge in [0.2, 0.25) is 0 Å². The van der Waals surface area contributed by atoms with Crippen molar-refractivity contribution < 1.29 is 9.53 Å². The van der Waals surface area contributed by atoms with Crippen molar-refractivity contribution >= 4 is 21.8 Å². The molecule has 0 aromatic heterocycles. The van der Waals surface area contributed by atoms with Crippen molar-refractivity contribution in [1.82, 2.24) is 5.32 Å². The van der Waals surface area contributed by atoms with E-state index >= 15 is 0 Å². The maximum atomic E-state index is 12.5. The standard InChI is InChI=1S/C21H22BrNO2/c22-18-7-3-17-12-19(8-4-16(17)11-18)23-21(24)15-5-9-20(10-6-15)25-13-14-1-2-14/h3,5-7,9-11,14,19H,1-2,4,8,12-13H2,(H,23,24)/t19-/m0/s1. The fourth-order valence-corrected chi connectivity index (χ4v) is 3.73. The molecule has 3 nitrogen and oxygen atoms in total. The molecule has 2 aromatic carbocycles. The van der Waals surface area contributed by atoms with Gasteiger partial charge in [0.25, 0.3) is 5.91 Å². The molecule has 1 fully saturated rings. The van der Waals surface area contributed by atoms with E-state index in [4.69, 9.17) is 4.74 Å². The third-order valence-corrected chi connectivity index (χ3v) is 5.52. The van der Waals surface area contributed by atoms with Gasteiger partial charge in [-0.3, -0.25) is 4.79 Å². The number of carbonyl (C=O) groups excluding carboxylic acids is 1. The third-order valence-electron chi connectivity index (χ3n) is 5.03. The molecule has 2 aromatic rings. The minimum Gasteiger partial charge on any atom is -0.493 e. The normalized spacial score (nSPS) is 19.2. The molecule has 0 saturated heterocycles. The SMILES string of the molecule is O=C(N[C@H]1CCc2cc(Br)ccc2C1)c1ccc(OCC2CC2)cc1. The van der Waals surface area contributed by atoms with Crippen LogP contribution in [0.1, 0.15) is 40.7 Å². The van der Waals surface area contributed by atoms with Crippen LogP contribution in [0, 0.1) is 5.92 Å². The summed E-state index contributed by atoms with van der Waals surface area (Å²) < 4.78 is 6.85. The average Bonchev–Trinajstić information content (AvgIpc) is 3.45. The molecule has 130 valence electrons. The first-order valence-corrected chi connectivity index (χ1v) is 9.78. The monoisotopic (exact) mass is 399 g/mol. The Labute approximate surface area is 156 Å². The highest BCUT2D eigenvalue weighted by Gasteiger charge is 2.22. The molecule has 0 heterocycles. The van der Waals surface area contributed by atoms with Gasteiger partial charge in [-0.15, -0.1) is 0 Å². The van der Waals surface area contributed by atoms with Crippen molar-refractivity contribution in [3.8, 4) is 5.75 Å². The molecule has 0 aliphatic heterocycles. The van der Waals surface area contributed by atoms with Gasteiger partial charge in [0.15, 0.2) is 0 Å². The Morgan fingerprint density at radius 3 is 2.64 bits per heavy atom. The van der Waals surface area contributed by atoms with Crippen LogP contribution in [0.2, 0.25) is 0 Å². The molecule has 2 aliphatic carbocycles. The number of rotatable bonds is 5. The van der Waals surface area contributed by atoms with Crippen LogP contribution in [0.3, 0.4) is 0 Å². The van der Waals surface area contributed by atoms with E-state index in [0.29, 0.717) is 5.56 Å². The van der Waals surface area contributed by atoms with Gasteiger partial charge in [0.05, 0.1) is 6.61 Å². The van der Waals surface area contributed by atoms with Crippen molar-refractivity contribution in [2.75, 3.05) is 6.61 Å². The summed E-state index contributed by atoms with van der Waals surface area (Å²) in [6, 6.07) is 14.1. The highest BCUT2D eigenvalue weighted by molar-refractivity contribution is 9.10. The van der Waals surface area contributed by atoms with E-state index in [1.165, 1.54) is 24.0 Å². The number of halogens is 1. The van der Waals surface area contributed by atoms with Crippen LogP contribution in [0.15, 0.2) is 46.9 Å². The van der Waals surface area contributed by atoms with Crippen molar-refractivity contribution in [3.05, 3.63) is 63.6 Å². The second-order valence-electron chi connectivity index (χ2n) is 7.10. The number of ether oxygens (including phenoxy) is 1. The van der Waals surface area contributed by atoms with Gasteiger partial charge in [0.1, 0.15) is 5.75 Å². The maximum absolute atomic E-state index is 12.5. The molecule has 0 radical (unpaired) electrons. The van der Waals surface area contributed by atoms with Gasteiger partial charge in [-0.2, -0.15) is 0 Å². The number of carbonyl (C=O) groups is 1. The molecule has 1 atom stereocenters. The topological polar surface area (TPSA) is 38.3 Å². The molecule has 0 bridgehead atoms. The average molecular weight is 400 g/mol. The van der Waals surface area contributed by atoms with Crippen molar-refractivity contribution in [3.63, 3.8) is 0 Å². The molecule has 1 N–H and O–H groups in total. The number of hydrogen-bond donors (Lipinski definition) is 1. The largest absolute Gasteiger partial charge is 0.493 e.